The van der Waals surface area contributed by atoms with Gasteiger partial charge in [-0.15, -0.1) is 0 Å². The van der Waals surface area contributed by atoms with Crippen LogP contribution in [0.4, 0.5) is 0 Å². The predicted octanol–water partition coefficient (Wildman–Crippen LogP) is 4.27. The first kappa shape index (κ1) is 15.6. The normalized spacial score (nSPS) is 11.2. The number of hydrogen-bond donors (Lipinski definition) is 0. The van der Waals surface area contributed by atoms with Crippen LogP contribution in [0.15, 0.2) is 28.7 Å². The van der Waals surface area contributed by atoms with Crippen molar-refractivity contribution in [3.8, 4) is 5.75 Å². The third-order valence-electron chi connectivity index (χ3n) is 1.98. The first-order valence-electron chi connectivity index (χ1n) is 4.91. The molecule has 1 rings (SSSR count). The van der Waals surface area contributed by atoms with E-state index in [2.05, 4.69) is 0 Å². The van der Waals surface area contributed by atoms with Gasteiger partial charge in [0.25, 0.3) is 9.05 Å². The molecule has 0 heterocycles. The lowest BCUT2D eigenvalue weighted by Crippen LogP contribution is -1.98. The van der Waals surface area contributed by atoms with Crippen LogP contribution in [0.3, 0.4) is 0 Å². The summed E-state index contributed by atoms with van der Waals surface area (Å²) in [5.41, 5.74) is 1.09. The molecule has 0 aliphatic carbocycles. The molecule has 0 spiro atoms. The van der Waals surface area contributed by atoms with Crippen molar-refractivity contribution in [2.24, 2.45) is 0 Å². The molecule has 18 heavy (non-hydrogen) atoms. The lowest BCUT2D eigenvalue weighted by atomic mass is 10.3. The molecular weight excluding hydrogens is 319 g/mol. The first-order chi connectivity index (χ1) is 8.21. The topological polar surface area (TPSA) is 43.4 Å². The molecule has 3 nitrogen and oxygen atoms in total. The highest BCUT2D eigenvalue weighted by atomic mass is 35.7. The summed E-state index contributed by atoms with van der Waals surface area (Å²) in [5, 5.41) is 0.113. The van der Waals surface area contributed by atoms with E-state index in [0.717, 1.165) is 5.57 Å². The standard InChI is InChI=1S/C11H11Cl3O3S/c1-7(2)3-4-17-10-5-9(13)11(6-8(10)12)18(14,15)16/h3,5-6H,4H2,1-2H3. The molecule has 0 atom stereocenters. The van der Waals surface area contributed by atoms with E-state index in [1.807, 2.05) is 19.9 Å². The molecule has 0 unspecified atom stereocenters. The first-order valence-corrected chi connectivity index (χ1v) is 7.98. The Morgan fingerprint density at radius 2 is 1.89 bits per heavy atom. The highest BCUT2D eigenvalue weighted by Gasteiger charge is 2.18. The summed E-state index contributed by atoms with van der Waals surface area (Å²) in [6.45, 7) is 4.19. The second-order valence-corrected chi connectivity index (χ2v) is 7.09. The van der Waals surface area contributed by atoms with Crippen LogP contribution in [-0.4, -0.2) is 15.0 Å². The molecule has 0 radical (unpaired) electrons. The Labute approximate surface area is 121 Å². The van der Waals surface area contributed by atoms with Gasteiger partial charge in [0.05, 0.1) is 10.0 Å². The van der Waals surface area contributed by atoms with Crippen LogP contribution in [0.2, 0.25) is 10.0 Å². The van der Waals surface area contributed by atoms with Gasteiger partial charge in [-0.05, 0) is 26.0 Å². The van der Waals surface area contributed by atoms with E-state index in [0.29, 0.717) is 12.4 Å². The molecule has 0 aromatic heterocycles. The van der Waals surface area contributed by atoms with E-state index < -0.39 is 9.05 Å². The number of ether oxygens (including phenoxy) is 1. The molecule has 0 saturated carbocycles. The average Bonchev–Trinajstić information content (AvgIpc) is 2.20. The minimum atomic E-state index is -3.92. The smallest absolute Gasteiger partial charge is 0.262 e. The van der Waals surface area contributed by atoms with E-state index in [9.17, 15) is 8.42 Å². The number of rotatable bonds is 4. The Morgan fingerprint density at radius 3 is 2.39 bits per heavy atom. The maximum absolute atomic E-state index is 11.2. The fourth-order valence-corrected chi connectivity index (χ4v) is 2.90. The van der Waals surface area contributed by atoms with Gasteiger partial charge >= 0.3 is 0 Å². The van der Waals surface area contributed by atoms with Crippen molar-refractivity contribution >= 4 is 42.9 Å². The van der Waals surface area contributed by atoms with Gasteiger partial charge < -0.3 is 4.74 Å². The van der Waals surface area contributed by atoms with E-state index in [1.165, 1.54) is 12.1 Å². The summed E-state index contributed by atoms with van der Waals surface area (Å²) >= 11 is 11.7. The Kier molecular flexibility index (Phi) is 5.34. The van der Waals surface area contributed by atoms with Crippen LogP contribution in [0.5, 0.6) is 5.75 Å². The number of halogens is 3. The zero-order valence-electron chi connectivity index (χ0n) is 9.71. The maximum atomic E-state index is 11.2. The Hall–Kier alpha value is -0.420. The van der Waals surface area contributed by atoms with Gasteiger partial charge in [0.2, 0.25) is 0 Å². The van der Waals surface area contributed by atoms with Gasteiger partial charge in [0.15, 0.2) is 0 Å². The second kappa shape index (κ2) is 6.15. The van der Waals surface area contributed by atoms with Gasteiger partial charge in [0.1, 0.15) is 17.3 Å². The van der Waals surface area contributed by atoms with Crippen molar-refractivity contribution in [2.75, 3.05) is 6.61 Å². The summed E-state index contributed by atoms with van der Waals surface area (Å²) in [7, 11) is 1.29. The highest BCUT2D eigenvalue weighted by Crippen LogP contribution is 2.34. The van der Waals surface area contributed by atoms with Gasteiger partial charge in [-0.25, -0.2) is 8.42 Å². The lowest BCUT2D eigenvalue weighted by molar-refractivity contribution is 0.362. The molecule has 7 heteroatoms. The zero-order valence-corrected chi connectivity index (χ0v) is 12.8. The minimum Gasteiger partial charge on any atom is -0.488 e. The molecule has 0 amide bonds. The van der Waals surface area contributed by atoms with Crippen LogP contribution in [0, 0.1) is 0 Å². The highest BCUT2D eigenvalue weighted by molar-refractivity contribution is 8.13. The van der Waals surface area contributed by atoms with Crippen molar-refractivity contribution in [1.82, 2.24) is 0 Å². The summed E-state index contributed by atoms with van der Waals surface area (Å²) in [4.78, 5) is -0.231. The molecule has 0 aliphatic heterocycles. The summed E-state index contributed by atoms with van der Waals surface area (Å²) in [6.07, 6.45) is 1.86. The van der Waals surface area contributed by atoms with Gasteiger partial charge in [-0.3, -0.25) is 0 Å². The predicted molar refractivity (Wildman–Crippen MR) is 74.4 cm³/mol. The second-order valence-electron chi connectivity index (χ2n) is 3.74. The van der Waals surface area contributed by atoms with Crippen LogP contribution in [0.1, 0.15) is 13.8 Å². The van der Waals surface area contributed by atoms with Gasteiger partial charge in [-0.2, -0.15) is 0 Å². The molecule has 0 N–H and O–H groups in total. The Bertz CT molecular complexity index is 575. The van der Waals surface area contributed by atoms with Crippen molar-refractivity contribution in [3.05, 3.63) is 33.8 Å². The molecular formula is C11H11Cl3O3S. The molecule has 0 bridgehead atoms. The molecule has 1 aromatic rings. The van der Waals surface area contributed by atoms with Crippen molar-refractivity contribution in [1.29, 1.82) is 0 Å². The lowest BCUT2D eigenvalue weighted by Gasteiger charge is -2.08. The monoisotopic (exact) mass is 328 g/mol. The van der Waals surface area contributed by atoms with Gasteiger partial charge in [-0.1, -0.05) is 28.8 Å². The Morgan fingerprint density at radius 1 is 1.28 bits per heavy atom. The molecule has 0 aliphatic rings. The van der Waals surface area contributed by atoms with Crippen LogP contribution in [-0.2, 0) is 9.05 Å². The average molecular weight is 330 g/mol. The van der Waals surface area contributed by atoms with Crippen LogP contribution in [0.25, 0.3) is 0 Å². The number of allylic oxidation sites excluding steroid dienone is 1. The van der Waals surface area contributed by atoms with E-state index >= 15 is 0 Å². The number of hydrogen-bond acceptors (Lipinski definition) is 3. The maximum Gasteiger partial charge on any atom is 0.262 e. The van der Waals surface area contributed by atoms with Crippen molar-refractivity contribution in [3.63, 3.8) is 0 Å². The summed E-state index contributed by atoms with van der Waals surface area (Å²) < 4.78 is 27.8. The van der Waals surface area contributed by atoms with E-state index in [-0.39, 0.29) is 14.9 Å². The van der Waals surface area contributed by atoms with Crippen LogP contribution < -0.4 is 4.74 Å². The largest absolute Gasteiger partial charge is 0.488 e. The zero-order chi connectivity index (χ0) is 13.9. The van der Waals surface area contributed by atoms with E-state index in [1.54, 1.807) is 0 Å². The van der Waals surface area contributed by atoms with Crippen molar-refractivity contribution < 1.29 is 13.2 Å². The Balaban J connectivity index is 3.05. The fraction of sp³-hybridized carbons (Fsp3) is 0.273. The molecule has 1 aromatic carbocycles. The summed E-state index contributed by atoms with van der Waals surface area (Å²) in [6, 6.07) is 2.50. The van der Waals surface area contributed by atoms with E-state index in [4.69, 9.17) is 38.6 Å². The van der Waals surface area contributed by atoms with Crippen LogP contribution >= 0.6 is 33.9 Å². The minimum absolute atomic E-state index is 0.0263. The number of benzene rings is 1. The third kappa shape index (κ3) is 4.35. The molecule has 100 valence electrons. The SMILES string of the molecule is CC(C)=CCOc1cc(Cl)c(S(=O)(=O)Cl)cc1Cl. The quantitative estimate of drug-likeness (QED) is 0.612. The van der Waals surface area contributed by atoms with Gasteiger partial charge in [0, 0.05) is 16.7 Å². The van der Waals surface area contributed by atoms with Crippen molar-refractivity contribution in [2.45, 2.75) is 18.7 Å². The fourth-order valence-electron chi connectivity index (χ4n) is 1.11. The summed E-state index contributed by atoms with van der Waals surface area (Å²) in [5.74, 6) is 0.309. The molecule has 0 fully saturated rings. The third-order valence-corrected chi connectivity index (χ3v) is 4.06. The molecule has 0 saturated heterocycles.